The van der Waals surface area contributed by atoms with E-state index < -0.39 is 60.7 Å². The quantitative estimate of drug-likeness (QED) is 0.309. The molecule has 3 rings (SSSR count). The minimum atomic E-state index is -5.81. The van der Waals surface area contributed by atoms with Gasteiger partial charge in [-0.3, -0.25) is 13.7 Å². The summed E-state index contributed by atoms with van der Waals surface area (Å²) in [7, 11) is -15.5. The van der Waals surface area contributed by atoms with Gasteiger partial charge in [0.05, 0.1) is 17.5 Å². The maximum atomic E-state index is 12.3. The first-order valence-corrected chi connectivity index (χ1v) is 12.8. The van der Waals surface area contributed by atoms with Crippen molar-refractivity contribution in [1.82, 2.24) is 9.55 Å². The molecule has 0 bridgehead atoms. The Morgan fingerprint density at radius 3 is 2.61 bits per heavy atom. The number of aliphatic hydroxyl groups excluding tert-OH is 2. The minimum absolute atomic E-state index is 0.0704. The lowest BCUT2D eigenvalue weighted by atomic mass is 10.1. The number of rotatable bonds is 8. The smallest absolute Gasteiger partial charge is 0.496 e. The second kappa shape index (κ2) is 9.00. The van der Waals surface area contributed by atoms with Gasteiger partial charge in [-0.2, -0.15) is 4.98 Å². The number of nitrogens with two attached hydrogens (primary N) is 1. The van der Waals surface area contributed by atoms with Gasteiger partial charge in [0.15, 0.2) is 6.23 Å². The van der Waals surface area contributed by atoms with E-state index in [1.54, 1.807) is 5.38 Å². The van der Waals surface area contributed by atoms with Crippen LogP contribution < -0.4 is 26.1 Å². The number of fused-ring (bicyclic) bond motifs is 1. The van der Waals surface area contributed by atoms with E-state index >= 15 is 0 Å². The lowest BCUT2D eigenvalue weighted by molar-refractivity contribution is -0.244. The van der Waals surface area contributed by atoms with E-state index in [-0.39, 0.29) is 11.3 Å². The van der Waals surface area contributed by atoms with E-state index in [9.17, 15) is 43.4 Å². The van der Waals surface area contributed by atoms with Gasteiger partial charge in [-0.05, 0) is 4.57 Å². The third-order valence-corrected chi connectivity index (χ3v) is 8.08. The number of aliphatic hydroxyl groups is 2. The number of hydrogen-bond acceptors (Lipinski definition) is 16. The fourth-order valence-electron chi connectivity index (χ4n) is 2.72. The molecule has 0 aromatic carbocycles. The molecule has 0 saturated carbocycles. The summed E-state index contributed by atoms with van der Waals surface area (Å²) in [5, 5.41) is 23.9. The molecule has 1 aliphatic rings. The highest BCUT2D eigenvalue weighted by atomic mass is 32.1. The zero-order valence-corrected chi connectivity index (χ0v) is 18.3. The molecular weight excluding hydrogens is 507 g/mol. The minimum Gasteiger partial charge on any atom is -0.756 e. The standard InChI is InChI=1S/C11H14N3O13P3S/c12-9-4-2-31-3-5(4)14(11(17)13-9)10-8(16)7(15)6(25-10)1-24-29(20,21)27-30(22,23)26-28(18)19/h2-3,6-8,10,15-16H,1H2,(H,20,21)(H,22,23)(H2,12,13,17)/p-2. The Bertz CT molecular complexity index is 1150. The summed E-state index contributed by atoms with van der Waals surface area (Å²) in [5.41, 5.74) is 4.98. The van der Waals surface area contributed by atoms with Gasteiger partial charge in [-0.1, -0.05) is 4.31 Å². The summed E-state index contributed by atoms with van der Waals surface area (Å²) in [6.07, 6.45) is -6.63. The van der Waals surface area contributed by atoms with Gasteiger partial charge in [-0.15, -0.1) is 11.3 Å². The highest BCUT2D eigenvalue weighted by molar-refractivity contribution is 7.63. The molecule has 2 aromatic rings. The van der Waals surface area contributed by atoms with Crippen LogP contribution in [-0.4, -0.2) is 44.7 Å². The molecule has 3 heterocycles. The van der Waals surface area contributed by atoms with Crippen molar-refractivity contribution in [2.75, 3.05) is 12.3 Å². The number of anilines is 1. The number of thiophene rings is 1. The van der Waals surface area contributed by atoms with Gasteiger partial charge in [0.1, 0.15) is 24.1 Å². The molecular formula is C11H12N3O13P3S-2. The van der Waals surface area contributed by atoms with Crippen molar-refractivity contribution in [2.45, 2.75) is 24.5 Å². The van der Waals surface area contributed by atoms with E-state index in [1.165, 1.54) is 5.38 Å². The van der Waals surface area contributed by atoms with Gasteiger partial charge in [0.25, 0.3) is 7.82 Å². The van der Waals surface area contributed by atoms with E-state index in [0.29, 0.717) is 5.39 Å². The molecule has 0 spiro atoms. The second-order valence-electron chi connectivity index (χ2n) is 5.94. The average molecular weight is 519 g/mol. The topological polar surface area (TPSA) is 259 Å². The summed E-state index contributed by atoms with van der Waals surface area (Å²) in [6.45, 7) is -1.07. The molecule has 0 amide bonds. The monoisotopic (exact) mass is 519 g/mol. The first kappa shape index (κ1) is 24.5. The fraction of sp³-hybridized carbons (Fsp3) is 0.455. The number of phosphoric acid groups is 2. The molecule has 1 fully saturated rings. The predicted molar refractivity (Wildman–Crippen MR) is 95.2 cm³/mol. The molecule has 16 nitrogen and oxygen atoms in total. The summed E-state index contributed by atoms with van der Waals surface area (Å²) < 4.78 is 50.4. The Morgan fingerprint density at radius 2 is 1.97 bits per heavy atom. The Labute approximate surface area is 176 Å². The van der Waals surface area contributed by atoms with Crippen molar-refractivity contribution in [2.24, 2.45) is 0 Å². The van der Waals surface area contributed by atoms with Crippen molar-refractivity contribution in [3.05, 3.63) is 21.2 Å². The summed E-state index contributed by atoms with van der Waals surface area (Å²) in [5.74, 6) is -0.0704. The van der Waals surface area contributed by atoms with Crippen molar-refractivity contribution in [3.63, 3.8) is 0 Å². The second-order valence-corrected chi connectivity index (χ2v) is 10.5. The first-order valence-electron chi connectivity index (χ1n) is 7.89. The third kappa shape index (κ3) is 5.43. The van der Waals surface area contributed by atoms with Crippen LogP contribution in [0.1, 0.15) is 6.23 Å². The highest BCUT2D eigenvalue weighted by Gasteiger charge is 2.45. The lowest BCUT2D eigenvalue weighted by Crippen LogP contribution is -2.36. The van der Waals surface area contributed by atoms with Gasteiger partial charge in [0.2, 0.25) is 0 Å². The van der Waals surface area contributed by atoms with Gasteiger partial charge in [0, 0.05) is 10.8 Å². The van der Waals surface area contributed by atoms with Crippen molar-refractivity contribution >= 4 is 52.0 Å². The molecule has 1 saturated heterocycles. The van der Waals surface area contributed by atoms with Crippen LogP contribution in [0.2, 0.25) is 0 Å². The third-order valence-electron chi connectivity index (χ3n) is 3.95. The Hall–Kier alpha value is -1.16. The maximum Gasteiger partial charge on any atom is 0.496 e. The normalized spacial score (nSPS) is 28.4. The van der Waals surface area contributed by atoms with E-state index in [1.807, 2.05) is 0 Å². The van der Waals surface area contributed by atoms with Crippen molar-refractivity contribution in [1.29, 1.82) is 0 Å². The van der Waals surface area contributed by atoms with Gasteiger partial charge < -0.3 is 39.9 Å². The lowest BCUT2D eigenvalue weighted by Gasteiger charge is -2.28. The molecule has 0 radical (unpaired) electrons. The summed E-state index contributed by atoms with van der Waals surface area (Å²) in [6, 6.07) is 0. The molecule has 1 aliphatic heterocycles. The van der Waals surface area contributed by atoms with Crippen LogP contribution in [0.4, 0.5) is 5.82 Å². The highest BCUT2D eigenvalue weighted by Crippen LogP contribution is 2.58. The molecule has 2 aromatic heterocycles. The fourth-order valence-corrected chi connectivity index (χ4v) is 6.08. The average Bonchev–Trinajstić information content (AvgIpc) is 3.19. The molecule has 31 heavy (non-hydrogen) atoms. The van der Waals surface area contributed by atoms with E-state index in [0.717, 1.165) is 15.9 Å². The summed E-state index contributed by atoms with van der Waals surface area (Å²) in [4.78, 5) is 48.9. The zero-order valence-electron chi connectivity index (χ0n) is 14.8. The summed E-state index contributed by atoms with van der Waals surface area (Å²) >= 11 is 1.16. The molecule has 0 aliphatic carbocycles. The predicted octanol–water partition coefficient (Wildman–Crippen LogP) is -2.34. The Kier molecular flexibility index (Phi) is 7.11. The Morgan fingerprint density at radius 1 is 1.29 bits per heavy atom. The van der Waals surface area contributed by atoms with Gasteiger partial charge in [-0.25, -0.2) is 9.11 Å². The number of hydrogen-bond donors (Lipinski definition) is 3. The number of aromatic nitrogens is 2. The van der Waals surface area contributed by atoms with Crippen LogP contribution in [0.25, 0.3) is 10.9 Å². The van der Waals surface area contributed by atoms with E-state index in [2.05, 4.69) is 18.1 Å². The van der Waals surface area contributed by atoms with E-state index in [4.69, 9.17) is 10.5 Å². The number of nitrogen functional groups attached to an aromatic ring is 1. The first-order chi connectivity index (χ1) is 14.3. The Balaban J connectivity index is 1.76. The largest absolute Gasteiger partial charge is 0.756 e. The number of phosphoric ester groups is 1. The van der Waals surface area contributed by atoms with Crippen LogP contribution >= 0.6 is 35.2 Å². The molecule has 172 valence electrons. The molecule has 7 unspecified atom stereocenters. The van der Waals surface area contributed by atoms with Crippen molar-refractivity contribution in [3.8, 4) is 0 Å². The molecule has 7 atom stereocenters. The maximum absolute atomic E-state index is 12.3. The van der Waals surface area contributed by atoms with Crippen molar-refractivity contribution < 1.29 is 56.5 Å². The van der Waals surface area contributed by atoms with Crippen LogP contribution in [-0.2, 0) is 31.6 Å². The van der Waals surface area contributed by atoms with Crippen LogP contribution in [0.15, 0.2) is 15.6 Å². The van der Waals surface area contributed by atoms with Crippen LogP contribution in [0, 0.1) is 0 Å². The van der Waals surface area contributed by atoms with Crippen LogP contribution in [0.3, 0.4) is 0 Å². The number of nitrogens with zero attached hydrogens (tertiary/aromatic N) is 2. The van der Waals surface area contributed by atoms with Crippen LogP contribution in [0.5, 0.6) is 0 Å². The van der Waals surface area contributed by atoms with Gasteiger partial charge >= 0.3 is 21.8 Å². The number of ether oxygens (including phenoxy) is 1. The molecule has 4 N–H and O–H groups in total. The SMILES string of the molecule is Nc1nc(=O)n(C2OC(COP(=O)([O-])OP(=O)([O-])O[P+](=O)[O-])C(O)C2O)c2cscc12. The zero-order chi connectivity index (χ0) is 23.1. The molecule has 20 heteroatoms.